The Morgan fingerprint density at radius 3 is 2.56 bits per heavy atom. The van der Waals surface area contributed by atoms with Crippen molar-refractivity contribution in [3.63, 3.8) is 0 Å². The second kappa shape index (κ2) is 4.56. The summed E-state index contributed by atoms with van der Waals surface area (Å²) in [5.74, 6) is 1.56. The minimum Gasteiger partial charge on any atom is -0.494 e. The van der Waals surface area contributed by atoms with Crippen LogP contribution in [0.2, 0.25) is 0 Å². The highest BCUT2D eigenvalue weighted by Crippen LogP contribution is 2.29. The van der Waals surface area contributed by atoms with E-state index in [1.54, 1.807) is 38.1 Å². The number of nitrogen functional groups attached to an aromatic ring is 1. The van der Waals surface area contributed by atoms with Crippen LogP contribution >= 0.6 is 0 Å². The topological polar surface area (TPSA) is 65.5 Å². The molecule has 0 aliphatic heterocycles. The predicted molar refractivity (Wildman–Crippen MR) is 69.0 cm³/mol. The highest BCUT2D eigenvalue weighted by Gasteiger charge is 2.20. The molecule has 1 aromatic carbocycles. The molecule has 94 valence electrons. The molecule has 4 heteroatoms. The van der Waals surface area contributed by atoms with Gasteiger partial charge in [0, 0.05) is 0 Å². The van der Waals surface area contributed by atoms with Gasteiger partial charge in [-0.15, -0.1) is 0 Å². The van der Waals surface area contributed by atoms with Crippen LogP contribution in [0.5, 0.6) is 5.75 Å². The van der Waals surface area contributed by atoms with Crippen LogP contribution in [0.25, 0.3) is 0 Å². The molecule has 1 aromatic heterocycles. The standard InChI is InChI=1S/C14H15NO3/c1-8-7-11(9(2)18-8)13(16)10-5-4-6-12(15)14(10)17-3/h4-7H,15H2,1-3H3. The van der Waals surface area contributed by atoms with Crippen LogP contribution in [0.3, 0.4) is 0 Å². The lowest BCUT2D eigenvalue weighted by atomic mass is 10.0. The molecule has 0 aliphatic carbocycles. The maximum absolute atomic E-state index is 12.4. The second-order valence-electron chi connectivity index (χ2n) is 4.08. The molecule has 0 unspecified atom stereocenters. The third kappa shape index (κ3) is 1.97. The number of anilines is 1. The smallest absolute Gasteiger partial charge is 0.200 e. The predicted octanol–water partition coefficient (Wildman–Crippen LogP) is 2.72. The normalized spacial score (nSPS) is 10.4. The molecule has 1 heterocycles. The first-order valence-electron chi connectivity index (χ1n) is 5.58. The minimum absolute atomic E-state index is 0.145. The number of para-hydroxylation sites is 1. The molecule has 0 fully saturated rings. The van der Waals surface area contributed by atoms with Gasteiger partial charge >= 0.3 is 0 Å². The summed E-state index contributed by atoms with van der Waals surface area (Å²) in [7, 11) is 1.50. The number of hydrogen-bond donors (Lipinski definition) is 1. The fourth-order valence-electron chi connectivity index (χ4n) is 1.96. The van der Waals surface area contributed by atoms with E-state index in [0.717, 1.165) is 0 Å². The van der Waals surface area contributed by atoms with E-state index < -0.39 is 0 Å². The molecular formula is C14H15NO3. The molecule has 18 heavy (non-hydrogen) atoms. The number of aryl methyl sites for hydroxylation is 2. The molecule has 0 aliphatic rings. The van der Waals surface area contributed by atoms with Crippen molar-refractivity contribution in [2.75, 3.05) is 12.8 Å². The van der Waals surface area contributed by atoms with E-state index in [0.29, 0.717) is 34.1 Å². The van der Waals surface area contributed by atoms with Crippen molar-refractivity contribution >= 4 is 11.5 Å². The largest absolute Gasteiger partial charge is 0.494 e. The zero-order chi connectivity index (χ0) is 13.3. The molecule has 0 spiro atoms. The summed E-state index contributed by atoms with van der Waals surface area (Å²) in [5.41, 5.74) is 7.22. The minimum atomic E-state index is -0.145. The summed E-state index contributed by atoms with van der Waals surface area (Å²) in [6.45, 7) is 3.57. The summed E-state index contributed by atoms with van der Waals surface area (Å²) in [6.07, 6.45) is 0. The van der Waals surface area contributed by atoms with Crippen molar-refractivity contribution in [3.8, 4) is 5.75 Å². The number of rotatable bonds is 3. The molecule has 2 aromatic rings. The van der Waals surface area contributed by atoms with Gasteiger partial charge in [0.2, 0.25) is 0 Å². The van der Waals surface area contributed by atoms with Gasteiger partial charge in [-0.2, -0.15) is 0 Å². The first kappa shape index (κ1) is 12.2. The number of ketones is 1. The van der Waals surface area contributed by atoms with Gasteiger partial charge in [-0.05, 0) is 32.0 Å². The average Bonchev–Trinajstić information content (AvgIpc) is 2.67. The third-order valence-corrected chi connectivity index (χ3v) is 2.78. The van der Waals surface area contributed by atoms with Crippen molar-refractivity contribution in [1.29, 1.82) is 0 Å². The van der Waals surface area contributed by atoms with Crippen LogP contribution in [0.4, 0.5) is 5.69 Å². The first-order valence-corrected chi connectivity index (χ1v) is 5.58. The lowest BCUT2D eigenvalue weighted by Gasteiger charge is -2.09. The quantitative estimate of drug-likeness (QED) is 0.667. The van der Waals surface area contributed by atoms with E-state index in [1.807, 2.05) is 0 Å². The van der Waals surface area contributed by atoms with Crippen LogP contribution in [0.15, 0.2) is 28.7 Å². The van der Waals surface area contributed by atoms with Gasteiger partial charge in [-0.25, -0.2) is 0 Å². The number of ether oxygens (including phenoxy) is 1. The summed E-state index contributed by atoms with van der Waals surface area (Å²) < 4.78 is 10.6. The molecule has 0 atom stereocenters. The number of carbonyl (C=O) groups is 1. The Labute approximate surface area is 105 Å². The van der Waals surface area contributed by atoms with Gasteiger partial charge in [-0.1, -0.05) is 6.07 Å². The number of furan rings is 1. The zero-order valence-corrected chi connectivity index (χ0v) is 10.6. The monoisotopic (exact) mass is 245 g/mol. The molecule has 0 saturated carbocycles. The van der Waals surface area contributed by atoms with Gasteiger partial charge in [0.05, 0.1) is 23.9 Å². The molecule has 0 bridgehead atoms. The van der Waals surface area contributed by atoms with Crippen molar-refractivity contribution < 1.29 is 13.9 Å². The summed E-state index contributed by atoms with van der Waals surface area (Å²) in [6, 6.07) is 6.84. The second-order valence-corrected chi connectivity index (χ2v) is 4.08. The molecule has 2 N–H and O–H groups in total. The Morgan fingerprint density at radius 1 is 1.28 bits per heavy atom. The van der Waals surface area contributed by atoms with Crippen molar-refractivity contribution in [1.82, 2.24) is 0 Å². The van der Waals surface area contributed by atoms with E-state index in [1.165, 1.54) is 7.11 Å². The van der Waals surface area contributed by atoms with Crippen molar-refractivity contribution in [2.24, 2.45) is 0 Å². The van der Waals surface area contributed by atoms with Gasteiger partial charge in [0.25, 0.3) is 0 Å². The van der Waals surface area contributed by atoms with Gasteiger partial charge in [0.15, 0.2) is 11.5 Å². The highest BCUT2D eigenvalue weighted by atomic mass is 16.5. The van der Waals surface area contributed by atoms with E-state index in [4.69, 9.17) is 14.9 Å². The molecule has 2 rings (SSSR count). The van der Waals surface area contributed by atoms with Crippen molar-refractivity contribution in [2.45, 2.75) is 13.8 Å². The summed E-state index contributed by atoms with van der Waals surface area (Å²) >= 11 is 0. The van der Waals surface area contributed by atoms with Crippen LogP contribution in [-0.2, 0) is 0 Å². The SMILES string of the molecule is COc1c(N)cccc1C(=O)c1cc(C)oc1C. The van der Waals surface area contributed by atoms with Crippen molar-refractivity contribution in [3.05, 3.63) is 46.9 Å². The number of nitrogens with two attached hydrogens (primary N) is 1. The van der Waals surface area contributed by atoms with Crippen LogP contribution in [0.1, 0.15) is 27.4 Å². The van der Waals surface area contributed by atoms with Gasteiger partial charge in [0.1, 0.15) is 11.5 Å². The van der Waals surface area contributed by atoms with Gasteiger partial charge < -0.3 is 14.9 Å². The molecule has 4 nitrogen and oxygen atoms in total. The number of benzene rings is 1. The van der Waals surface area contributed by atoms with E-state index >= 15 is 0 Å². The van der Waals surface area contributed by atoms with Crippen LogP contribution < -0.4 is 10.5 Å². The summed E-state index contributed by atoms with van der Waals surface area (Å²) in [4.78, 5) is 12.4. The number of methoxy groups -OCH3 is 1. The maximum atomic E-state index is 12.4. The van der Waals surface area contributed by atoms with Crippen LogP contribution in [-0.4, -0.2) is 12.9 Å². The lowest BCUT2D eigenvalue weighted by Crippen LogP contribution is -2.06. The summed E-state index contributed by atoms with van der Waals surface area (Å²) in [5, 5.41) is 0. The van der Waals surface area contributed by atoms with E-state index in [2.05, 4.69) is 0 Å². The Kier molecular flexibility index (Phi) is 3.10. The lowest BCUT2D eigenvalue weighted by molar-refractivity contribution is 0.103. The van der Waals surface area contributed by atoms with E-state index in [9.17, 15) is 4.79 Å². The first-order chi connectivity index (χ1) is 8.54. The Hall–Kier alpha value is -2.23. The zero-order valence-electron chi connectivity index (χ0n) is 10.6. The molecule has 0 radical (unpaired) electrons. The number of carbonyl (C=O) groups excluding carboxylic acids is 1. The van der Waals surface area contributed by atoms with Crippen LogP contribution in [0, 0.1) is 13.8 Å². The van der Waals surface area contributed by atoms with E-state index in [-0.39, 0.29) is 5.78 Å². The molecular weight excluding hydrogens is 230 g/mol. The van der Waals surface area contributed by atoms with Gasteiger partial charge in [-0.3, -0.25) is 4.79 Å². The molecule has 0 amide bonds. The number of hydrogen-bond acceptors (Lipinski definition) is 4. The fraction of sp³-hybridized carbons (Fsp3) is 0.214. The Balaban J connectivity index is 2.53. The Morgan fingerprint density at radius 2 is 2.00 bits per heavy atom. The third-order valence-electron chi connectivity index (χ3n) is 2.78. The molecule has 0 saturated heterocycles. The Bertz CT molecular complexity index is 599. The average molecular weight is 245 g/mol. The fourth-order valence-corrected chi connectivity index (χ4v) is 1.96. The maximum Gasteiger partial charge on any atom is 0.200 e. The highest BCUT2D eigenvalue weighted by molar-refractivity contribution is 6.12.